The van der Waals surface area contributed by atoms with E-state index in [1.54, 1.807) is 11.3 Å². The van der Waals surface area contributed by atoms with Crippen molar-refractivity contribution in [3.63, 3.8) is 0 Å². The summed E-state index contributed by atoms with van der Waals surface area (Å²) in [7, 11) is 2.07. The van der Waals surface area contributed by atoms with E-state index in [0.717, 1.165) is 29.0 Å². The molecule has 0 aliphatic heterocycles. The Morgan fingerprint density at radius 2 is 2.00 bits per heavy atom. The average molecular weight is 278 g/mol. The molecule has 0 saturated heterocycles. The third kappa shape index (κ3) is 3.15. The van der Waals surface area contributed by atoms with Gasteiger partial charge in [-0.05, 0) is 17.9 Å². The Balaban J connectivity index is 2.49. The molecule has 0 aromatic carbocycles. The van der Waals surface area contributed by atoms with Crippen molar-refractivity contribution in [2.75, 3.05) is 24.2 Å². The molecule has 0 amide bonds. The molecule has 19 heavy (non-hydrogen) atoms. The van der Waals surface area contributed by atoms with Gasteiger partial charge < -0.3 is 10.6 Å². The lowest BCUT2D eigenvalue weighted by Crippen LogP contribution is -2.30. The minimum atomic E-state index is 0.213. The molecule has 2 rings (SSSR count). The Hall–Kier alpha value is -1.36. The average Bonchev–Trinajstić information content (AvgIpc) is 2.68. The van der Waals surface area contributed by atoms with E-state index in [-0.39, 0.29) is 5.41 Å². The van der Waals surface area contributed by atoms with Crippen LogP contribution in [0, 0.1) is 5.41 Å². The molecule has 0 atom stereocenters. The molecule has 0 aliphatic rings. The fraction of sp³-hybridized carbons (Fsp3) is 0.571. The zero-order valence-electron chi connectivity index (χ0n) is 12.3. The minimum absolute atomic E-state index is 0.213. The number of aromatic nitrogens is 2. The van der Waals surface area contributed by atoms with E-state index in [0.29, 0.717) is 5.95 Å². The number of aryl methyl sites for hydroxylation is 1. The summed E-state index contributed by atoms with van der Waals surface area (Å²) in [5.74, 6) is 1.29. The van der Waals surface area contributed by atoms with Gasteiger partial charge in [-0.2, -0.15) is 4.98 Å². The summed E-state index contributed by atoms with van der Waals surface area (Å²) >= 11 is 1.70. The van der Waals surface area contributed by atoms with Crippen LogP contribution in [0.5, 0.6) is 0 Å². The fourth-order valence-electron chi connectivity index (χ4n) is 2.22. The smallest absolute Gasteiger partial charge is 0.223 e. The molecule has 0 saturated carbocycles. The van der Waals surface area contributed by atoms with Crippen LogP contribution >= 0.6 is 11.3 Å². The third-order valence-electron chi connectivity index (χ3n) is 2.86. The second kappa shape index (κ2) is 4.96. The van der Waals surface area contributed by atoms with Gasteiger partial charge in [0.25, 0.3) is 0 Å². The first-order valence-electron chi connectivity index (χ1n) is 6.57. The first-order chi connectivity index (χ1) is 8.80. The number of rotatable bonds is 3. The van der Waals surface area contributed by atoms with Gasteiger partial charge in [-0.1, -0.05) is 27.7 Å². The number of nitrogens with two attached hydrogens (primary N) is 1. The largest absolute Gasteiger partial charge is 0.368 e. The molecule has 4 nitrogen and oxygen atoms in total. The highest BCUT2D eigenvalue weighted by Crippen LogP contribution is 2.32. The topological polar surface area (TPSA) is 55.0 Å². The molecule has 0 spiro atoms. The lowest BCUT2D eigenvalue weighted by atomic mass is 9.96. The van der Waals surface area contributed by atoms with Crippen LogP contribution in [0.15, 0.2) is 6.07 Å². The maximum absolute atomic E-state index is 5.83. The molecule has 2 aromatic heterocycles. The number of hydrogen-bond acceptors (Lipinski definition) is 5. The quantitative estimate of drug-likeness (QED) is 0.935. The first kappa shape index (κ1) is 14.1. The Morgan fingerprint density at radius 1 is 1.32 bits per heavy atom. The molecule has 0 fully saturated rings. The van der Waals surface area contributed by atoms with Crippen molar-refractivity contribution in [1.29, 1.82) is 0 Å². The van der Waals surface area contributed by atoms with E-state index in [9.17, 15) is 0 Å². The van der Waals surface area contributed by atoms with Gasteiger partial charge >= 0.3 is 0 Å². The third-order valence-corrected chi connectivity index (χ3v) is 4.04. The normalized spacial score (nSPS) is 12.1. The van der Waals surface area contributed by atoms with Crippen LogP contribution in [-0.4, -0.2) is 23.6 Å². The minimum Gasteiger partial charge on any atom is -0.368 e. The molecule has 2 N–H and O–H groups in total. The molecular formula is C14H22N4S. The second-order valence-corrected chi connectivity index (χ2v) is 7.22. The Labute approximate surface area is 118 Å². The van der Waals surface area contributed by atoms with Gasteiger partial charge in [-0.3, -0.25) is 0 Å². The van der Waals surface area contributed by atoms with E-state index in [2.05, 4.69) is 55.7 Å². The molecule has 0 bridgehead atoms. The van der Waals surface area contributed by atoms with Crippen molar-refractivity contribution in [1.82, 2.24) is 9.97 Å². The number of nitrogen functional groups attached to an aromatic ring is 1. The van der Waals surface area contributed by atoms with Gasteiger partial charge in [0, 0.05) is 18.5 Å². The van der Waals surface area contributed by atoms with E-state index in [4.69, 9.17) is 5.73 Å². The summed E-state index contributed by atoms with van der Waals surface area (Å²) in [6.45, 7) is 9.74. The van der Waals surface area contributed by atoms with Crippen molar-refractivity contribution in [3.8, 4) is 0 Å². The summed E-state index contributed by atoms with van der Waals surface area (Å²) in [4.78, 5) is 13.3. The zero-order valence-corrected chi connectivity index (χ0v) is 13.1. The highest BCUT2D eigenvalue weighted by atomic mass is 32.1. The summed E-state index contributed by atoms with van der Waals surface area (Å²) < 4.78 is 0. The maximum atomic E-state index is 5.83. The molecule has 0 radical (unpaired) electrons. The highest BCUT2D eigenvalue weighted by molar-refractivity contribution is 7.18. The van der Waals surface area contributed by atoms with Crippen LogP contribution in [-0.2, 0) is 6.42 Å². The standard InChI is InChI=1S/C14H22N4S/c1-6-9-7-10-11(18(5)8-14(2,3)4)16-13(15)17-12(10)19-9/h7H,6,8H2,1-5H3,(H2,15,16,17). The number of thiophene rings is 1. The first-order valence-corrected chi connectivity index (χ1v) is 7.39. The lowest BCUT2D eigenvalue weighted by Gasteiger charge is -2.27. The molecule has 104 valence electrons. The molecular weight excluding hydrogens is 256 g/mol. The summed E-state index contributed by atoms with van der Waals surface area (Å²) in [5.41, 5.74) is 6.05. The highest BCUT2D eigenvalue weighted by Gasteiger charge is 2.18. The van der Waals surface area contributed by atoms with Gasteiger partial charge in [0.15, 0.2) is 0 Å². The molecule has 5 heteroatoms. The molecule has 2 aromatic rings. The van der Waals surface area contributed by atoms with Crippen LogP contribution in [0.1, 0.15) is 32.6 Å². The van der Waals surface area contributed by atoms with Gasteiger partial charge in [-0.15, -0.1) is 11.3 Å². The molecule has 0 aliphatic carbocycles. The number of hydrogen-bond donors (Lipinski definition) is 1. The monoisotopic (exact) mass is 278 g/mol. The van der Waals surface area contributed by atoms with Crippen molar-refractivity contribution >= 4 is 33.3 Å². The Kier molecular flexibility index (Phi) is 3.67. The second-order valence-electron chi connectivity index (χ2n) is 6.11. The molecule has 2 heterocycles. The fourth-order valence-corrected chi connectivity index (χ4v) is 3.19. The summed E-state index contributed by atoms with van der Waals surface area (Å²) in [6.07, 6.45) is 1.02. The van der Waals surface area contributed by atoms with Crippen molar-refractivity contribution in [2.24, 2.45) is 5.41 Å². The van der Waals surface area contributed by atoms with E-state index in [1.165, 1.54) is 4.88 Å². The number of anilines is 2. The Bertz CT molecular complexity index is 583. The number of nitrogens with zero attached hydrogens (tertiary/aromatic N) is 3. The lowest BCUT2D eigenvalue weighted by molar-refractivity contribution is 0.418. The van der Waals surface area contributed by atoms with E-state index < -0.39 is 0 Å². The van der Waals surface area contributed by atoms with E-state index >= 15 is 0 Å². The predicted molar refractivity (Wildman–Crippen MR) is 83.9 cm³/mol. The maximum Gasteiger partial charge on any atom is 0.223 e. The summed E-state index contributed by atoms with van der Waals surface area (Å²) in [5, 5.41) is 1.11. The van der Waals surface area contributed by atoms with Crippen molar-refractivity contribution in [2.45, 2.75) is 34.1 Å². The van der Waals surface area contributed by atoms with Gasteiger partial charge in [0.1, 0.15) is 10.6 Å². The van der Waals surface area contributed by atoms with E-state index in [1.807, 2.05) is 0 Å². The summed E-state index contributed by atoms with van der Waals surface area (Å²) in [6, 6.07) is 2.19. The van der Waals surface area contributed by atoms with Crippen molar-refractivity contribution < 1.29 is 0 Å². The van der Waals surface area contributed by atoms with Crippen LogP contribution in [0.2, 0.25) is 0 Å². The SMILES string of the molecule is CCc1cc2c(N(C)CC(C)(C)C)nc(N)nc2s1. The predicted octanol–water partition coefficient (Wildman–Crippen LogP) is 3.32. The van der Waals surface area contributed by atoms with Crippen LogP contribution in [0.25, 0.3) is 10.2 Å². The number of fused-ring (bicyclic) bond motifs is 1. The van der Waals surface area contributed by atoms with Crippen LogP contribution < -0.4 is 10.6 Å². The van der Waals surface area contributed by atoms with Gasteiger partial charge in [-0.25, -0.2) is 4.98 Å². The van der Waals surface area contributed by atoms with Crippen LogP contribution in [0.3, 0.4) is 0 Å². The van der Waals surface area contributed by atoms with Gasteiger partial charge in [0.2, 0.25) is 5.95 Å². The van der Waals surface area contributed by atoms with Gasteiger partial charge in [0.05, 0.1) is 5.39 Å². The Morgan fingerprint density at radius 3 is 2.58 bits per heavy atom. The van der Waals surface area contributed by atoms with Crippen molar-refractivity contribution in [3.05, 3.63) is 10.9 Å². The van der Waals surface area contributed by atoms with Crippen LogP contribution in [0.4, 0.5) is 11.8 Å². The zero-order chi connectivity index (χ0) is 14.2. The molecule has 0 unspecified atom stereocenters.